The first-order valence-electron chi connectivity index (χ1n) is 10.00. The van der Waals surface area contributed by atoms with Gasteiger partial charge in [-0.15, -0.1) is 0 Å². The summed E-state index contributed by atoms with van der Waals surface area (Å²) in [5.41, 5.74) is 0.494. The van der Waals surface area contributed by atoms with Crippen molar-refractivity contribution in [1.29, 1.82) is 0 Å². The Bertz CT molecular complexity index is 378. The van der Waals surface area contributed by atoms with Gasteiger partial charge in [0.1, 0.15) is 0 Å². The van der Waals surface area contributed by atoms with Crippen LogP contribution in [0.15, 0.2) is 4.99 Å². The van der Waals surface area contributed by atoms with E-state index >= 15 is 0 Å². The standard InChI is InChI=1S/C19H39N5/c1-5-19(8-7-9-19)16-22-18(20-6-2)21-14-17(3)15-24-12-10-23(4)11-13-24/h17H,5-16H2,1-4H3,(H2,20,21,22). The fourth-order valence-electron chi connectivity index (χ4n) is 3.70. The molecule has 1 unspecified atom stereocenters. The van der Waals surface area contributed by atoms with Gasteiger partial charge in [-0.05, 0) is 44.6 Å². The van der Waals surface area contributed by atoms with Crippen molar-refractivity contribution < 1.29 is 0 Å². The van der Waals surface area contributed by atoms with Gasteiger partial charge in [0.25, 0.3) is 0 Å². The van der Waals surface area contributed by atoms with E-state index in [1.807, 2.05) is 0 Å². The lowest BCUT2D eigenvalue weighted by atomic mass is 9.67. The molecule has 5 heteroatoms. The van der Waals surface area contributed by atoms with Crippen LogP contribution >= 0.6 is 0 Å². The number of likely N-dealkylation sites (N-methyl/N-ethyl adjacent to an activating group) is 1. The highest BCUT2D eigenvalue weighted by Gasteiger charge is 2.34. The molecule has 1 atom stereocenters. The van der Waals surface area contributed by atoms with Gasteiger partial charge < -0.3 is 20.4 Å². The summed E-state index contributed by atoms with van der Waals surface area (Å²) in [6, 6.07) is 0. The molecule has 1 saturated carbocycles. The predicted octanol–water partition coefficient (Wildman–Crippen LogP) is 2.01. The van der Waals surface area contributed by atoms with Gasteiger partial charge in [-0.25, -0.2) is 0 Å². The van der Waals surface area contributed by atoms with E-state index in [0.717, 1.165) is 25.6 Å². The van der Waals surface area contributed by atoms with Crippen molar-refractivity contribution in [3.05, 3.63) is 0 Å². The number of nitrogens with one attached hydrogen (secondary N) is 2. The van der Waals surface area contributed by atoms with Gasteiger partial charge in [-0.2, -0.15) is 0 Å². The Morgan fingerprint density at radius 1 is 1.12 bits per heavy atom. The van der Waals surface area contributed by atoms with Crippen molar-refractivity contribution in [2.45, 2.75) is 46.5 Å². The van der Waals surface area contributed by atoms with Crippen LogP contribution in [0.1, 0.15) is 46.5 Å². The maximum atomic E-state index is 4.88. The van der Waals surface area contributed by atoms with Crippen LogP contribution in [0.5, 0.6) is 0 Å². The highest BCUT2D eigenvalue weighted by molar-refractivity contribution is 5.79. The monoisotopic (exact) mass is 337 g/mol. The highest BCUT2D eigenvalue weighted by atomic mass is 15.2. The molecule has 1 heterocycles. The minimum Gasteiger partial charge on any atom is -0.357 e. The zero-order valence-electron chi connectivity index (χ0n) is 16.4. The first kappa shape index (κ1) is 19.5. The van der Waals surface area contributed by atoms with Crippen LogP contribution in [0, 0.1) is 11.3 Å². The fourth-order valence-corrected chi connectivity index (χ4v) is 3.70. The maximum Gasteiger partial charge on any atom is 0.191 e. The van der Waals surface area contributed by atoms with E-state index in [0.29, 0.717) is 11.3 Å². The molecule has 0 bridgehead atoms. The van der Waals surface area contributed by atoms with Crippen molar-refractivity contribution >= 4 is 5.96 Å². The summed E-state index contributed by atoms with van der Waals surface area (Å²) in [5.74, 6) is 1.64. The van der Waals surface area contributed by atoms with Gasteiger partial charge in [-0.1, -0.05) is 20.3 Å². The van der Waals surface area contributed by atoms with Gasteiger partial charge in [-0.3, -0.25) is 4.99 Å². The average Bonchev–Trinajstić information content (AvgIpc) is 2.54. The summed E-state index contributed by atoms with van der Waals surface area (Å²) >= 11 is 0. The molecule has 5 nitrogen and oxygen atoms in total. The first-order chi connectivity index (χ1) is 11.6. The smallest absolute Gasteiger partial charge is 0.191 e. The third-order valence-corrected chi connectivity index (χ3v) is 5.86. The summed E-state index contributed by atoms with van der Waals surface area (Å²) in [5, 5.41) is 6.98. The molecular formula is C19H39N5. The first-order valence-corrected chi connectivity index (χ1v) is 10.00. The van der Waals surface area contributed by atoms with E-state index in [9.17, 15) is 0 Å². The molecule has 0 aromatic heterocycles. The predicted molar refractivity (Wildman–Crippen MR) is 104 cm³/mol. The third-order valence-electron chi connectivity index (χ3n) is 5.86. The van der Waals surface area contributed by atoms with E-state index in [2.05, 4.69) is 48.3 Å². The molecule has 0 aromatic rings. The van der Waals surface area contributed by atoms with E-state index in [1.54, 1.807) is 0 Å². The van der Waals surface area contributed by atoms with E-state index in [-0.39, 0.29) is 0 Å². The normalized spacial score (nSPS) is 23.6. The Balaban J connectivity index is 1.73. The molecule has 140 valence electrons. The second kappa shape index (κ2) is 9.62. The van der Waals surface area contributed by atoms with Crippen LogP contribution < -0.4 is 10.6 Å². The number of nitrogens with zero attached hydrogens (tertiary/aromatic N) is 3. The summed E-state index contributed by atoms with van der Waals surface area (Å²) < 4.78 is 0. The molecule has 1 saturated heterocycles. The Hall–Kier alpha value is -0.810. The zero-order chi connectivity index (χ0) is 17.4. The Morgan fingerprint density at radius 3 is 2.38 bits per heavy atom. The van der Waals surface area contributed by atoms with Gasteiger partial charge in [0, 0.05) is 52.4 Å². The summed E-state index contributed by atoms with van der Waals surface area (Å²) in [4.78, 5) is 9.89. The van der Waals surface area contributed by atoms with Gasteiger partial charge in [0.2, 0.25) is 0 Å². The van der Waals surface area contributed by atoms with Gasteiger partial charge >= 0.3 is 0 Å². The fraction of sp³-hybridized carbons (Fsp3) is 0.947. The van der Waals surface area contributed by atoms with Gasteiger partial charge in [0.05, 0.1) is 0 Å². The molecular weight excluding hydrogens is 298 g/mol. The lowest BCUT2D eigenvalue weighted by molar-refractivity contribution is 0.138. The van der Waals surface area contributed by atoms with E-state index < -0.39 is 0 Å². The maximum absolute atomic E-state index is 4.88. The van der Waals surface area contributed by atoms with Crippen LogP contribution in [0.2, 0.25) is 0 Å². The Kier molecular flexibility index (Phi) is 7.82. The number of hydrogen-bond acceptors (Lipinski definition) is 3. The number of piperazine rings is 1. The van der Waals surface area contributed by atoms with E-state index in [1.165, 1.54) is 58.4 Å². The summed E-state index contributed by atoms with van der Waals surface area (Å²) in [6.07, 6.45) is 5.35. The van der Waals surface area contributed by atoms with E-state index in [4.69, 9.17) is 4.99 Å². The van der Waals surface area contributed by atoms with Crippen LogP contribution in [-0.4, -0.2) is 75.2 Å². The van der Waals surface area contributed by atoms with Crippen molar-refractivity contribution in [2.75, 3.05) is 59.4 Å². The molecule has 2 N–H and O–H groups in total. The molecule has 2 fully saturated rings. The van der Waals surface area contributed by atoms with Crippen LogP contribution in [-0.2, 0) is 0 Å². The average molecular weight is 338 g/mol. The second-order valence-electron chi connectivity index (χ2n) is 7.99. The van der Waals surface area contributed by atoms with Crippen molar-refractivity contribution in [3.63, 3.8) is 0 Å². The largest absolute Gasteiger partial charge is 0.357 e. The molecule has 2 rings (SSSR count). The Morgan fingerprint density at radius 2 is 1.83 bits per heavy atom. The summed E-state index contributed by atoms with van der Waals surface area (Å²) in [7, 11) is 2.21. The molecule has 2 aliphatic rings. The zero-order valence-corrected chi connectivity index (χ0v) is 16.4. The molecule has 0 spiro atoms. The minimum absolute atomic E-state index is 0.494. The third kappa shape index (κ3) is 5.92. The number of hydrogen-bond donors (Lipinski definition) is 2. The van der Waals surface area contributed by atoms with Gasteiger partial charge in [0.15, 0.2) is 5.96 Å². The van der Waals surface area contributed by atoms with Crippen molar-refractivity contribution in [2.24, 2.45) is 16.3 Å². The van der Waals surface area contributed by atoms with Crippen LogP contribution in [0.3, 0.4) is 0 Å². The molecule has 1 aliphatic heterocycles. The quantitative estimate of drug-likeness (QED) is 0.525. The topological polar surface area (TPSA) is 42.9 Å². The number of guanidine groups is 1. The minimum atomic E-state index is 0.494. The number of rotatable bonds is 8. The molecule has 0 amide bonds. The molecule has 0 radical (unpaired) electrons. The second-order valence-corrected chi connectivity index (χ2v) is 7.99. The van der Waals surface area contributed by atoms with Crippen LogP contribution in [0.25, 0.3) is 0 Å². The van der Waals surface area contributed by atoms with Crippen LogP contribution in [0.4, 0.5) is 0 Å². The lowest BCUT2D eigenvalue weighted by Gasteiger charge is -2.40. The SMILES string of the molecule is CCNC(=NCC1(CC)CCC1)NCC(C)CN1CCN(C)CC1. The lowest BCUT2D eigenvalue weighted by Crippen LogP contribution is -2.47. The molecule has 1 aliphatic carbocycles. The molecule has 0 aromatic carbocycles. The van der Waals surface area contributed by atoms with Crippen molar-refractivity contribution in [1.82, 2.24) is 20.4 Å². The summed E-state index contributed by atoms with van der Waals surface area (Å²) in [6.45, 7) is 15.7. The molecule has 24 heavy (non-hydrogen) atoms. The highest BCUT2D eigenvalue weighted by Crippen LogP contribution is 2.43. The van der Waals surface area contributed by atoms with Crippen molar-refractivity contribution in [3.8, 4) is 0 Å². The Labute approximate surface area is 149 Å². The number of aliphatic imine (C=N–C) groups is 1.